The molecule has 1 aromatic carbocycles. The molecule has 0 atom stereocenters. The molecule has 108 valence electrons. The molecule has 1 N–H and O–H groups in total. The smallest absolute Gasteiger partial charge is 0.338 e. The number of hydrogen-bond acceptors (Lipinski definition) is 7. The summed E-state index contributed by atoms with van der Waals surface area (Å²) in [6, 6.07) is 3.11. The molecular formula is C13H12N4O3S. The third-order valence-corrected chi connectivity index (χ3v) is 3.16. The van der Waals surface area contributed by atoms with Crippen LogP contribution in [0.3, 0.4) is 0 Å². The van der Waals surface area contributed by atoms with Gasteiger partial charge in [0.1, 0.15) is 11.2 Å². The zero-order chi connectivity index (χ0) is 15.4. The quantitative estimate of drug-likeness (QED) is 0.299. The van der Waals surface area contributed by atoms with Crippen molar-refractivity contribution in [3.63, 3.8) is 0 Å². The first-order chi connectivity index (χ1) is 10.1. The number of benzene rings is 1. The molecule has 2 rings (SSSR count). The van der Waals surface area contributed by atoms with E-state index in [-0.39, 0.29) is 0 Å². The average molecular weight is 304 g/mol. The van der Waals surface area contributed by atoms with E-state index < -0.39 is 5.97 Å². The van der Waals surface area contributed by atoms with E-state index in [9.17, 15) is 4.79 Å². The Labute approximate surface area is 125 Å². The van der Waals surface area contributed by atoms with Crippen molar-refractivity contribution in [3.05, 3.63) is 23.6 Å². The molecule has 0 fully saturated rings. The lowest BCUT2D eigenvalue weighted by Crippen LogP contribution is -2.12. The van der Waals surface area contributed by atoms with Crippen molar-refractivity contribution in [2.24, 2.45) is 4.99 Å². The first kappa shape index (κ1) is 14.9. The van der Waals surface area contributed by atoms with Gasteiger partial charge in [-0.15, -0.1) is 0 Å². The van der Waals surface area contributed by atoms with Crippen molar-refractivity contribution >= 4 is 39.7 Å². The summed E-state index contributed by atoms with van der Waals surface area (Å²) in [5.74, 6) is -0.0321. The fourth-order valence-electron chi connectivity index (χ4n) is 1.73. The zero-order valence-electron chi connectivity index (χ0n) is 11.6. The third-order valence-electron chi connectivity index (χ3n) is 2.58. The molecule has 0 amide bonds. The summed E-state index contributed by atoms with van der Waals surface area (Å²) in [6.45, 7) is 1.70. The topological polar surface area (TPSA) is 101 Å². The van der Waals surface area contributed by atoms with Gasteiger partial charge in [0, 0.05) is 6.92 Å². The highest BCUT2D eigenvalue weighted by Crippen LogP contribution is 2.29. The maximum absolute atomic E-state index is 11.7. The van der Waals surface area contributed by atoms with Crippen molar-refractivity contribution in [2.45, 2.75) is 6.92 Å². The van der Waals surface area contributed by atoms with E-state index in [0.29, 0.717) is 33.4 Å². The van der Waals surface area contributed by atoms with Crippen LogP contribution in [0.15, 0.2) is 21.5 Å². The van der Waals surface area contributed by atoms with Crippen LogP contribution in [0.2, 0.25) is 0 Å². The molecule has 1 heterocycles. The van der Waals surface area contributed by atoms with Crippen LogP contribution in [-0.2, 0) is 4.74 Å². The van der Waals surface area contributed by atoms with E-state index in [0.717, 1.165) is 0 Å². The molecule has 2 aromatic rings. The lowest BCUT2D eigenvalue weighted by atomic mass is 10.2. The number of carbonyl (C=O) groups excluding carboxylic acids is 1. The van der Waals surface area contributed by atoms with Gasteiger partial charge in [0.05, 0.1) is 12.7 Å². The summed E-state index contributed by atoms with van der Waals surface area (Å²) in [6.07, 6.45) is 3.58. The number of oxazole rings is 1. The molecular weight excluding hydrogens is 292 g/mol. The summed E-state index contributed by atoms with van der Waals surface area (Å²) in [7, 11) is 1.30. The van der Waals surface area contributed by atoms with Gasteiger partial charge in [0.25, 0.3) is 0 Å². The molecule has 0 radical (unpaired) electrons. The van der Waals surface area contributed by atoms with Gasteiger partial charge in [-0.2, -0.15) is 5.26 Å². The second kappa shape index (κ2) is 6.28. The number of esters is 1. The maximum atomic E-state index is 11.7. The Bertz CT molecular complexity index is 761. The second-order valence-corrected chi connectivity index (χ2v) is 4.72. The number of aliphatic imine (C=N–C) groups is 1. The van der Waals surface area contributed by atoms with E-state index in [4.69, 9.17) is 14.4 Å². The van der Waals surface area contributed by atoms with Gasteiger partial charge in [0.15, 0.2) is 22.8 Å². The van der Waals surface area contributed by atoms with Gasteiger partial charge < -0.3 is 9.15 Å². The van der Waals surface area contributed by atoms with Crippen molar-refractivity contribution in [1.82, 2.24) is 10.3 Å². The number of nitriles is 1. The minimum atomic E-state index is -0.493. The highest BCUT2D eigenvalue weighted by Gasteiger charge is 2.15. The fraction of sp³-hybridized carbons (Fsp3) is 0.231. The maximum Gasteiger partial charge on any atom is 0.338 e. The van der Waals surface area contributed by atoms with Crippen LogP contribution in [0.5, 0.6) is 0 Å². The van der Waals surface area contributed by atoms with Crippen molar-refractivity contribution in [3.8, 4) is 6.19 Å². The number of nitrogens with one attached hydrogen (secondary N) is 1. The van der Waals surface area contributed by atoms with Gasteiger partial charge in [-0.3, -0.25) is 5.32 Å². The number of carbonyl (C=O) groups is 1. The number of rotatable bonds is 2. The van der Waals surface area contributed by atoms with Gasteiger partial charge in [-0.25, -0.2) is 14.8 Å². The monoisotopic (exact) mass is 304 g/mol. The molecule has 0 aliphatic heterocycles. The van der Waals surface area contributed by atoms with Crippen molar-refractivity contribution in [1.29, 1.82) is 5.26 Å². The van der Waals surface area contributed by atoms with Crippen LogP contribution in [0.4, 0.5) is 5.69 Å². The van der Waals surface area contributed by atoms with E-state index in [1.165, 1.54) is 24.9 Å². The summed E-state index contributed by atoms with van der Waals surface area (Å²) >= 11 is 1.26. The number of ether oxygens (including phenoxy) is 1. The lowest BCUT2D eigenvalue weighted by Gasteiger charge is -2.03. The Balaban J connectivity index is 2.64. The van der Waals surface area contributed by atoms with Crippen molar-refractivity contribution < 1.29 is 13.9 Å². The number of aromatic nitrogens is 1. The average Bonchev–Trinajstić information content (AvgIpc) is 2.86. The number of fused-ring (bicyclic) bond motifs is 1. The molecule has 8 heteroatoms. The number of hydrogen-bond donors (Lipinski definition) is 1. The molecule has 7 nitrogen and oxygen atoms in total. The molecule has 0 unspecified atom stereocenters. The van der Waals surface area contributed by atoms with E-state index in [1.54, 1.807) is 25.4 Å². The Kier molecular flexibility index (Phi) is 4.45. The van der Waals surface area contributed by atoms with Crippen molar-refractivity contribution in [2.75, 3.05) is 13.4 Å². The SMILES string of the molecule is COC(=O)c1cc(N=C(NC#N)SC)c2oc(C)nc2c1. The Morgan fingerprint density at radius 1 is 1.57 bits per heavy atom. The summed E-state index contributed by atoms with van der Waals surface area (Å²) in [4.78, 5) is 20.2. The molecule has 0 aliphatic carbocycles. The second-order valence-electron chi connectivity index (χ2n) is 3.93. The predicted molar refractivity (Wildman–Crippen MR) is 79.4 cm³/mol. The summed E-state index contributed by atoms with van der Waals surface area (Å²) in [5, 5.41) is 11.5. The fourth-order valence-corrected chi connectivity index (χ4v) is 2.06. The van der Waals surface area contributed by atoms with Crippen LogP contribution in [-0.4, -0.2) is 29.5 Å². The van der Waals surface area contributed by atoms with Crippen LogP contribution < -0.4 is 5.32 Å². The van der Waals surface area contributed by atoms with Gasteiger partial charge in [-0.1, -0.05) is 11.8 Å². The van der Waals surface area contributed by atoms with Gasteiger partial charge in [0.2, 0.25) is 0 Å². The van der Waals surface area contributed by atoms with E-state index >= 15 is 0 Å². The number of methoxy groups -OCH3 is 1. The Morgan fingerprint density at radius 3 is 2.95 bits per heavy atom. The van der Waals surface area contributed by atoms with E-state index in [1.807, 2.05) is 0 Å². The summed E-state index contributed by atoms with van der Waals surface area (Å²) < 4.78 is 10.2. The van der Waals surface area contributed by atoms with Gasteiger partial charge >= 0.3 is 5.97 Å². The first-order valence-corrected chi connectivity index (χ1v) is 7.08. The predicted octanol–water partition coefficient (Wildman–Crippen LogP) is 2.34. The summed E-state index contributed by atoms with van der Waals surface area (Å²) in [5.41, 5.74) is 1.67. The molecule has 0 saturated heterocycles. The highest BCUT2D eigenvalue weighted by molar-refractivity contribution is 8.13. The first-order valence-electron chi connectivity index (χ1n) is 5.86. The molecule has 0 aliphatic rings. The van der Waals surface area contributed by atoms with Crippen LogP contribution >= 0.6 is 11.8 Å². The Hall–Kier alpha value is -2.53. The third kappa shape index (κ3) is 3.14. The number of amidine groups is 1. The largest absolute Gasteiger partial charge is 0.465 e. The lowest BCUT2D eigenvalue weighted by molar-refractivity contribution is 0.0601. The number of aryl methyl sites for hydroxylation is 1. The molecule has 0 bridgehead atoms. The van der Waals surface area contributed by atoms with Crippen LogP contribution in [0.25, 0.3) is 11.1 Å². The molecule has 1 aromatic heterocycles. The zero-order valence-corrected chi connectivity index (χ0v) is 12.4. The minimum Gasteiger partial charge on any atom is -0.465 e. The number of nitrogens with zero attached hydrogens (tertiary/aromatic N) is 3. The normalized spacial score (nSPS) is 11.2. The Morgan fingerprint density at radius 2 is 2.33 bits per heavy atom. The van der Waals surface area contributed by atoms with Gasteiger partial charge in [-0.05, 0) is 18.4 Å². The highest BCUT2D eigenvalue weighted by atomic mass is 32.2. The van der Waals surface area contributed by atoms with E-state index in [2.05, 4.69) is 15.3 Å². The molecule has 0 spiro atoms. The molecule has 21 heavy (non-hydrogen) atoms. The number of thioether (sulfide) groups is 1. The minimum absolute atomic E-state index is 0.314. The standard InChI is InChI=1S/C13H12N4O3S/c1-7-16-9-4-8(12(18)19-2)5-10(11(9)20-7)17-13(21-3)15-6-14/h4-5H,1-3H3,(H,15,17). The van der Waals surface area contributed by atoms with Crippen LogP contribution in [0.1, 0.15) is 16.2 Å². The molecule has 0 saturated carbocycles. The van der Waals surface area contributed by atoms with Crippen LogP contribution in [0, 0.1) is 18.4 Å².